The number of nitrogens with one attached hydrogen (secondary N) is 1. The highest BCUT2D eigenvalue weighted by Gasteiger charge is 2.57. The number of hydrogen-bond donors (Lipinski definition) is 1. The van der Waals surface area contributed by atoms with Crippen LogP contribution in [0, 0.1) is 5.92 Å². The van der Waals surface area contributed by atoms with Gasteiger partial charge in [0.05, 0.1) is 10.6 Å². The first-order valence-electron chi connectivity index (χ1n) is 9.04. The Balaban J connectivity index is 1.51. The molecule has 3 nitrogen and oxygen atoms in total. The summed E-state index contributed by atoms with van der Waals surface area (Å²) in [6, 6.07) is 15.5. The zero-order valence-electron chi connectivity index (χ0n) is 14.8. The Bertz CT molecular complexity index is 869. The third-order valence-electron chi connectivity index (χ3n) is 5.85. The first-order valence-corrected chi connectivity index (χ1v) is 10.7. The molecule has 25 heavy (non-hydrogen) atoms. The second-order valence-electron chi connectivity index (χ2n) is 7.87. The number of sulfone groups is 1. The van der Waals surface area contributed by atoms with Crippen LogP contribution in [0.1, 0.15) is 42.9 Å². The van der Waals surface area contributed by atoms with Crippen molar-refractivity contribution in [3.63, 3.8) is 0 Å². The molecule has 1 aliphatic heterocycles. The molecule has 0 bridgehead atoms. The number of piperidine rings is 1. The monoisotopic (exact) mass is 355 g/mol. The van der Waals surface area contributed by atoms with E-state index in [0.29, 0.717) is 16.2 Å². The van der Waals surface area contributed by atoms with Gasteiger partial charge in [0, 0.05) is 12.0 Å². The maximum atomic E-state index is 12.7. The lowest BCUT2D eigenvalue weighted by Gasteiger charge is -2.13. The van der Waals surface area contributed by atoms with E-state index >= 15 is 0 Å². The Hall–Kier alpha value is -1.65. The fraction of sp³-hybridized carbons (Fsp3) is 0.429. The molecule has 1 saturated carbocycles. The van der Waals surface area contributed by atoms with Gasteiger partial charge in [-0.2, -0.15) is 0 Å². The van der Waals surface area contributed by atoms with E-state index in [1.807, 2.05) is 24.3 Å². The Morgan fingerprint density at radius 2 is 1.76 bits per heavy atom. The topological polar surface area (TPSA) is 46.2 Å². The molecule has 2 atom stereocenters. The Morgan fingerprint density at radius 3 is 2.28 bits per heavy atom. The van der Waals surface area contributed by atoms with Gasteiger partial charge >= 0.3 is 0 Å². The molecule has 1 saturated heterocycles. The van der Waals surface area contributed by atoms with Crippen molar-refractivity contribution in [2.24, 2.45) is 5.92 Å². The van der Waals surface area contributed by atoms with Crippen LogP contribution in [-0.4, -0.2) is 21.5 Å². The van der Waals surface area contributed by atoms with Gasteiger partial charge in [0.1, 0.15) is 0 Å². The van der Waals surface area contributed by atoms with Crippen molar-refractivity contribution in [1.82, 2.24) is 5.32 Å². The normalized spacial score (nSPS) is 25.2. The van der Waals surface area contributed by atoms with Gasteiger partial charge in [0.2, 0.25) is 0 Å². The van der Waals surface area contributed by atoms with Crippen LogP contribution < -0.4 is 5.32 Å². The summed E-state index contributed by atoms with van der Waals surface area (Å²) in [5.41, 5.74) is 3.69. The van der Waals surface area contributed by atoms with Crippen molar-refractivity contribution < 1.29 is 8.42 Å². The van der Waals surface area contributed by atoms with Gasteiger partial charge in [-0.05, 0) is 53.6 Å². The summed E-state index contributed by atoms with van der Waals surface area (Å²) in [5.74, 6) is 1.23. The first-order chi connectivity index (χ1) is 11.9. The van der Waals surface area contributed by atoms with Crippen LogP contribution in [0.5, 0.6) is 0 Å². The molecule has 4 rings (SSSR count). The predicted molar refractivity (Wildman–Crippen MR) is 101 cm³/mol. The molecule has 0 radical (unpaired) electrons. The van der Waals surface area contributed by atoms with Gasteiger partial charge in [-0.1, -0.05) is 50.2 Å². The molecule has 4 heteroatoms. The number of hydrogen-bond acceptors (Lipinski definition) is 3. The number of fused-ring (bicyclic) bond motifs is 1. The van der Waals surface area contributed by atoms with E-state index in [1.54, 1.807) is 12.1 Å². The molecule has 1 N–H and O–H groups in total. The van der Waals surface area contributed by atoms with Crippen molar-refractivity contribution in [3.05, 3.63) is 65.2 Å². The molecule has 2 aliphatic rings. The third-order valence-corrected chi connectivity index (χ3v) is 7.56. The van der Waals surface area contributed by atoms with Crippen molar-refractivity contribution in [1.29, 1.82) is 0 Å². The van der Waals surface area contributed by atoms with E-state index in [0.717, 1.165) is 30.1 Å². The van der Waals surface area contributed by atoms with Crippen molar-refractivity contribution in [2.45, 2.75) is 42.2 Å². The summed E-state index contributed by atoms with van der Waals surface area (Å²) in [6.07, 6.45) is 1.26. The minimum absolute atomic E-state index is 0.0585. The quantitative estimate of drug-likeness (QED) is 0.891. The van der Waals surface area contributed by atoms with Gasteiger partial charge < -0.3 is 5.32 Å². The second kappa shape index (κ2) is 5.96. The van der Waals surface area contributed by atoms with Crippen LogP contribution in [0.15, 0.2) is 53.4 Å². The summed E-state index contributed by atoms with van der Waals surface area (Å²) in [7, 11) is -3.30. The van der Waals surface area contributed by atoms with E-state index < -0.39 is 9.84 Å². The van der Waals surface area contributed by atoms with E-state index in [9.17, 15) is 8.42 Å². The van der Waals surface area contributed by atoms with Crippen LogP contribution in [0.3, 0.4) is 0 Å². The van der Waals surface area contributed by atoms with Crippen LogP contribution in [0.2, 0.25) is 0 Å². The Labute approximate surface area is 150 Å². The summed E-state index contributed by atoms with van der Waals surface area (Å²) >= 11 is 0. The molecule has 0 aromatic heterocycles. The number of benzene rings is 2. The Kier molecular flexibility index (Phi) is 4.00. The highest BCUT2D eigenvalue weighted by atomic mass is 32.2. The molecular weight excluding hydrogens is 330 g/mol. The highest BCUT2D eigenvalue weighted by Crippen LogP contribution is 2.56. The van der Waals surface area contributed by atoms with Gasteiger partial charge in [-0.15, -0.1) is 0 Å². The molecular formula is C21H25NO2S. The lowest BCUT2D eigenvalue weighted by molar-refractivity contribution is 0.595. The molecule has 2 fully saturated rings. The second-order valence-corrected chi connectivity index (χ2v) is 9.86. The lowest BCUT2D eigenvalue weighted by Crippen LogP contribution is -2.19. The number of rotatable bonds is 5. The van der Waals surface area contributed by atoms with Crippen molar-refractivity contribution in [2.75, 3.05) is 13.1 Å². The molecule has 0 amide bonds. The van der Waals surface area contributed by atoms with Gasteiger partial charge in [0.25, 0.3) is 0 Å². The SMILES string of the molecule is CC(C)c1ccc(S(=O)(=O)Cc2ccc(C34CNC[C@H]3C4)cc2)cc1. The van der Waals surface area contributed by atoms with E-state index in [-0.39, 0.29) is 5.75 Å². The summed E-state index contributed by atoms with van der Waals surface area (Å²) in [4.78, 5) is 0.404. The van der Waals surface area contributed by atoms with Crippen LogP contribution in [-0.2, 0) is 21.0 Å². The zero-order valence-corrected chi connectivity index (χ0v) is 15.6. The van der Waals surface area contributed by atoms with E-state index in [4.69, 9.17) is 0 Å². The fourth-order valence-corrected chi connectivity index (χ4v) is 5.43. The van der Waals surface area contributed by atoms with Gasteiger partial charge in [-0.25, -0.2) is 8.42 Å². The minimum atomic E-state index is -3.30. The molecule has 132 valence electrons. The summed E-state index contributed by atoms with van der Waals surface area (Å²) in [6.45, 7) is 6.38. The smallest absolute Gasteiger partial charge is 0.182 e. The average Bonchev–Trinajstić information content (AvgIpc) is 3.16. The maximum absolute atomic E-state index is 12.7. The van der Waals surface area contributed by atoms with Crippen LogP contribution >= 0.6 is 0 Å². The fourth-order valence-electron chi connectivity index (χ4n) is 4.09. The van der Waals surface area contributed by atoms with Crippen LogP contribution in [0.4, 0.5) is 0 Å². The maximum Gasteiger partial charge on any atom is 0.182 e. The van der Waals surface area contributed by atoms with Crippen molar-refractivity contribution >= 4 is 9.84 Å². The third kappa shape index (κ3) is 3.02. The minimum Gasteiger partial charge on any atom is -0.316 e. The molecule has 2 aromatic rings. The lowest BCUT2D eigenvalue weighted by atomic mass is 9.94. The predicted octanol–water partition coefficient (Wildman–Crippen LogP) is 3.64. The Morgan fingerprint density at radius 1 is 1.08 bits per heavy atom. The largest absolute Gasteiger partial charge is 0.316 e. The molecule has 1 heterocycles. The standard InChI is InChI=1S/C21H25NO2S/c1-15(2)17-5-9-20(10-6-17)25(23,24)13-16-3-7-18(8-4-16)21-11-19(21)12-22-14-21/h3-10,15,19,22H,11-14H2,1-2H3/t19-,21?/m1/s1. The summed E-state index contributed by atoms with van der Waals surface area (Å²) in [5, 5.41) is 3.45. The molecule has 1 aliphatic carbocycles. The van der Waals surface area contributed by atoms with Crippen molar-refractivity contribution in [3.8, 4) is 0 Å². The summed E-state index contributed by atoms with van der Waals surface area (Å²) < 4.78 is 25.4. The molecule has 1 unspecified atom stereocenters. The molecule has 0 spiro atoms. The van der Waals surface area contributed by atoms with E-state index in [2.05, 4.69) is 31.3 Å². The van der Waals surface area contributed by atoms with Gasteiger partial charge in [-0.3, -0.25) is 0 Å². The first kappa shape index (κ1) is 16.8. The molecule has 2 aromatic carbocycles. The van der Waals surface area contributed by atoms with Crippen LogP contribution in [0.25, 0.3) is 0 Å². The average molecular weight is 356 g/mol. The highest BCUT2D eigenvalue weighted by molar-refractivity contribution is 7.90. The van der Waals surface area contributed by atoms with Gasteiger partial charge in [0.15, 0.2) is 9.84 Å². The van der Waals surface area contributed by atoms with E-state index in [1.165, 1.54) is 12.0 Å². The zero-order chi connectivity index (χ0) is 17.7.